The van der Waals surface area contributed by atoms with E-state index in [-0.39, 0.29) is 11.4 Å². The second kappa shape index (κ2) is 3.63. The van der Waals surface area contributed by atoms with Crippen LogP contribution in [0, 0.1) is 5.41 Å². The van der Waals surface area contributed by atoms with Gasteiger partial charge in [0.05, 0.1) is 31.2 Å². The Morgan fingerprint density at radius 2 is 2.25 bits per heavy atom. The number of hydrogen-bond acceptors (Lipinski definition) is 3. The molecule has 2 heterocycles. The molecule has 1 saturated heterocycles. The number of ether oxygens (including phenoxy) is 2. The Morgan fingerprint density at radius 3 is 2.62 bits per heavy atom. The van der Waals surface area contributed by atoms with E-state index >= 15 is 0 Å². The van der Waals surface area contributed by atoms with E-state index in [4.69, 9.17) is 9.47 Å². The largest absolute Gasteiger partial charge is 0.469 e. The molecule has 0 amide bonds. The maximum absolute atomic E-state index is 11.9. The van der Waals surface area contributed by atoms with Crippen LogP contribution in [0.15, 0.2) is 18.5 Å². The molecule has 1 aliphatic rings. The number of nitrogens with one attached hydrogen (secondary N) is 1. The van der Waals surface area contributed by atoms with Gasteiger partial charge in [0, 0.05) is 12.4 Å². The fourth-order valence-corrected chi connectivity index (χ4v) is 2.27. The first-order valence-corrected chi connectivity index (χ1v) is 5.34. The minimum absolute atomic E-state index is 0.197. The Hall–Kier alpha value is -1.29. The van der Waals surface area contributed by atoms with Gasteiger partial charge < -0.3 is 14.5 Å². The van der Waals surface area contributed by atoms with Crippen molar-refractivity contribution in [3.8, 4) is 0 Å². The average molecular weight is 223 g/mol. The number of methoxy groups -OCH3 is 1. The molecule has 1 N–H and O–H groups in total. The topological polar surface area (TPSA) is 51.3 Å². The van der Waals surface area contributed by atoms with E-state index in [0.29, 0.717) is 13.2 Å². The van der Waals surface area contributed by atoms with Crippen LogP contribution in [0.5, 0.6) is 0 Å². The van der Waals surface area contributed by atoms with E-state index < -0.39 is 5.41 Å². The molecule has 16 heavy (non-hydrogen) atoms. The number of aromatic nitrogens is 1. The Balaban J connectivity index is 2.39. The van der Waals surface area contributed by atoms with Crippen LogP contribution in [0.25, 0.3) is 0 Å². The van der Waals surface area contributed by atoms with Crippen LogP contribution in [-0.4, -0.2) is 31.3 Å². The van der Waals surface area contributed by atoms with Crippen molar-refractivity contribution in [2.45, 2.75) is 19.3 Å². The van der Waals surface area contributed by atoms with Crippen molar-refractivity contribution in [1.29, 1.82) is 0 Å². The van der Waals surface area contributed by atoms with Gasteiger partial charge >= 0.3 is 5.97 Å². The Morgan fingerprint density at radius 1 is 1.56 bits per heavy atom. The number of rotatable bonds is 3. The van der Waals surface area contributed by atoms with Crippen LogP contribution in [0.2, 0.25) is 0 Å². The van der Waals surface area contributed by atoms with Crippen LogP contribution >= 0.6 is 0 Å². The summed E-state index contributed by atoms with van der Waals surface area (Å²) in [6.45, 7) is 4.95. The minimum atomic E-state index is -0.581. The maximum atomic E-state index is 11.9. The summed E-state index contributed by atoms with van der Waals surface area (Å²) in [4.78, 5) is 14.9. The zero-order chi connectivity index (χ0) is 11.8. The van der Waals surface area contributed by atoms with E-state index in [1.807, 2.05) is 32.3 Å². The first-order chi connectivity index (χ1) is 7.54. The Labute approximate surface area is 94.9 Å². The SMILES string of the molecule is COC(=O)C(C)(C)C1(c2cc[nH]c2)COC1. The summed E-state index contributed by atoms with van der Waals surface area (Å²) in [6, 6.07) is 1.99. The van der Waals surface area contributed by atoms with Gasteiger partial charge in [-0.1, -0.05) is 0 Å². The van der Waals surface area contributed by atoms with Crippen molar-refractivity contribution < 1.29 is 14.3 Å². The van der Waals surface area contributed by atoms with Crippen LogP contribution in [0.1, 0.15) is 19.4 Å². The number of hydrogen-bond donors (Lipinski definition) is 1. The monoisotopic (exact) mass is 223 g/mol. The van der Waals surface area contributed by atoms with Gasteiger partial charge in [-0.2, -0.15) is 0 Å². The fraction of sp³-hybridized carbons (Fsp3) is 0.583. The van der Waals surface area contributed by atoms with Crippen molar-refractivity contribution in [2.24, 2.45) is 5.41 Å². The third-order valence-corrected chi connectivity index (χ3v) is 3.74. The van der Waals surface area contributed by atoms with Crippen LogP contribution in [-0.2, 0) is 19.7 Å². The molecule has 0 spiro atoms. The van der Waals surface area contributed by atoms with E-state index in [1.54, 1.807) is 0 Å². The van der Waals surface area contributed by atoms with Gasteiger partial charge in [-0.3, -0.25) is 4.79 Å². The third-order valence-electron chi connectivity index (χ3n) is 3.74. The number of carbonyl (C=O) groups is 1. The predicted molar refractivity (Wildman–Crippen MR) is 59.1 cm³/mol. The van der Waals surface area contributed by atoms with Gasteiger partial charge in [-0.05, 0) is 25.5 Å². The second-order valence-corrected chi connectivity index (χ2v) is 4.79. The number of aromatic amines is 1. The lowest BCUT2D eigenvalue weighted by molar-refractivity contribution is -0.174. The lowest BCUT2D eigenvalue weighted by atomic mass is 9.61. The number of carbonyl (C=O) groups excluding carboxylic acids is 1. The van der Waals surface area contributed by atoms with Crippen LogP contribution in [0.4, 0.5) is 0 Å². The van der Waals surface area contributed by atoms with Crippen molar-refractivity contribution in [3.63, 3.8) is 0 Å². The first-order valence-electron chi connectivity index (χ1n) is 5.34. The normalized spacial score (nSPS) is 18.9. The zero-order valence-electron chi connectivity index (χ0n) is 9.87. The quantitative estimate of drug-likeness (QED) is 0.790. The molecule has 0 aliphatic carbocycles. The molecule has 1 aromatic heterocycles. The van der Waals surface area contributed by atoms with Gasteiger partial charge in [0.25, 0.3) is 0 Å². The summed E-state index contributed by atoms with van der Waals surface area (Å²) in [7, 11) is 1.43. The summed E-state index contributed by atoms with van der Waals surface area (Å²) in [5.41, 5.74) is 0.261. The van der Waals surface area contributed by atoms with E-state index in [0.717, 1.165) is 5.56 Å². The molecule has 4 heteroatoms. The molecule has 1 aliphatic heterocycles. The number of esters is 1. The molecule has 2 rings (SSSR count). The van der Waals surface area contributed by atoms with Crippen molar-refractivity contribution in [1.82, 2.24) is 4.98 Å². The smallest absolute Gasteiger partial charge is 0.312 e. The van der Waals surface area contributed by atoms with Gasteiger partial charge in [-0.15, -0.1) is 0 Å². The van der Waals surface area contributed by atoms with E-state index in [1.165, 1.54) is 7.11 Å². The average Bonchev–Trinajstić information content (AvgIpc) is 2.67. The summed E-state index contributed by atoms with van der Waals surface area (Å²) < 4.78 is 10.2. The highest BCUT2D eigenvalue weighted by atomic mass is 16.5. The fourth-order valence-electron chi connectivity index (χ4n) is 2.27. The van der Waals surface area contributed by atoms with Gasteiger partial charge in [-0.25, -0.2) is 0 Å². The highest BCUT2D eigenvalue weighted by molar-refractivity contribution is 5.78. The van der Waals surface area contributed by atoms with E-state index in [9.17, 15) is 4.79 Å². The Kier molecular flexibility index (Phi) is 2.54. The lowest BCUT2D eigenvalue weighted by Crippen LogP contribution is -2.59. The molecular weight excluding hydrogens is 206 g/mol. The number of H-pyrrole nitrogens is 1. The molecule has 0 saturated carbocycles. The molecule has 1 aromatic rings. The molecular formula is C12H17NO3. The van der Waals surface area contributed by atoms with Crippen molar-refractivity contribution in [3.05, 3.63) is 24.0 Å². The third kappa shape index (κ3) is 1.29. The molecule has 0 atom stereocenters. The minimum Gasteiger partial charge on any atom is -0.469 e. The maximum Gasteiger partial charge on any atom is 0.312 e. The predicted octanol–water partition coefficient (Wildman–Crippen LogP) is 1.48. The van der Waals surface area contributed by atoms with Crippen LogP contribution < -0.4 is 0 Å². The first kappa shape index (κ1) is 11.2. The summed E-state index contributed by atoms with van der Waals surface area (Å²) >= 11 is 0. The molecule has 0 radical (unpaired) electrons. The summed E-state index contributed by atoms with van der Waals surface area (Å²) in [5.74, 6) is -0.197. The highest BCUT2D eigenvalue weighted by Gasteiger charge is 2.56. The standard InChI is InChI=1S/C12H17NO3/c1-11(2,10(14)15-3)12(7-16-8-12)9-4-5-13-6-9/h4-6,13H,7-8H2,1-3H3. The summed E-state index contributed by atoms with van der Waals surface area (Å²) in [6.07, 6.45) is 3.79. The zero-order valence-corrected chi connectivity index (χ0v) is 9.87. The molecule has 0 unspecified atom stereocenters. The second-order valence-electron chi connectivity index (χ2n) is 4.79. The lowest BCUT2D eigenvalue weighted by Gasteiger charge is -2.50. The Bertz CT molecular complexity index is 377. The highest BCUT2D eigenvalue weighted by Crippen LogP contribution is 2.47. The summed E-state index contributed by atoms with van der Waals surface area (Å²) in [5, 5.41) is 0. The molecule has 1 fully saturated rings. The molecule has 88 valence electrons. The van der Waals surface area contributed by atoms with E-state index in [2.05, 4.69) is 4.98 Å². The van der Waals surface area contributed by atoms with Gasteiger partial charge in [0.1, 0.15) is 0 Å². The van der Waals surface area contributed by atoms with Crippen LogP contribution in [0.3, 0.4) is 0 Å². The molecule has 0 bridgehead atoms. The van der Waals surface area contributed by atoms with Gasteiger partial charge in [0.15, 0.2) is 0 Å². The molecule has 4 nitrogen and oxygen atoms in total. The van der Waals surface area contributed by atoms with Crippen molar-refractivity contribution >= 4 is 5.97 Å². The van der Waals surface area contributed by atoms with Crippen molar-refractivity contribution in [2.75, 3.05) is 20.3 Å². The van der Waals surface area contributed by atoms with Gasteiger partial charge in [0.2, 0.25) is 0 Å². The molecule has 0 aromatic carbocycles.